The van der Waals surface area contributed by atoms with Crippen molar-refractivity contribution in [2.45, 2.75) is 59.3 Å². The molecule has 1 rings (SSSR count). The average Bonchev–Trinajstić information content (AvgIpc) is 2.61. The van der Waals surface area contributed by atoms with Crippen LogP contribution >= 0.6 is 0 Å². The number of hydrogen-bond donors (Lipinski definition) is 2. The van der Waals surface area contributed by atoms with Gasteiger partial charge in [-0.05, 0) is 26.2 Å². The highest BCUT2D eigenvalue weighted by atomic mass is 16.6. The van der Waals surface area contributed by atoms with E-state index < -0.39 is 24.0 Å². The van der Waals surface area contributed by atoms with Crippen LogP contribution in [0.3, 0.4) is 0 Å². The summed E-state index contributed by atoms with van der Waals surface area (Å²) >= 11 is 0. The smallest absolute Gasteiger partial charge is 0.328 e. The number of aromatic nitrogens is 1. The molecule has 0 bridgehead atoms. The molecule has 0 unspecified atom stereocenters. The van der Waals surface area contributed by atoms with Crippen molar-refractivity contribution in [3.05, 3.63) is 18.0 Å². The summed E-state index contributed by atoms with van der Waals surface area (Å²) in [5, 5.41) is 12.5. The van der Waals surface area contributed by atoms with E-state index in [0.717, 1.165) is 6.42 Å². The fourth-order valence-corrected chi connectivity index (χ4v) is 2.57. The van der Waals surface area contributed by atoms with Gasteiger partial charge in [0.05, 0.1) is 13.2 Å². The predicted molar refractivity (Wildman–Crippen MR) is 99.8 cm³/mol. The Bertz CT molecular complexity index is 635. The monoisotopic (exact) mass is 382 g/mol. The van der Waals surface area contributed by atoms with Crippen molar-refractivity contribution in [3.8, 4) is 11.5 Å². The van der Waals surface area contributed by atoms with Crippen molar-refractivity contribution in [2.75, 3.05) is 13.7 Å². The Balaban J connectivity index is 2.72. The number of hydrogen-bond acceptors (Lipinski definition) is 7. The first-order valence-corrected chi connectivity index (χ1v) is 9.07. The lowest BCUT2D eigenvalue weighted by atomic mass is 10.0. The average molecular weight is 382 g/mol. The van der Waals surface area contributed by atoms with Crippen molar-refractivity contribution < 1.29 is 28.9 Å². The van der Waals surface area contributed by atoms with Gasteiger partial charge in [-0.25, -0.2) is 9.78 Å². The third-order valence-electron chi connectivity index (χ3n) is 3.96. The van der Waals surface area contributed by atoms with E-state index in [1.165, 1.54) is 26.3 Å². The zero-order valence-corrected chi connectivity index (χ0v) is 16.8. The van der Waals surface area contributed by atoms with E-state index >= 15 is 0 Å². The topological polar surface area (TPSA) is 107 Å². The van der Waals surface area contributed by atoms with Crippen LogP contribution in [0.15, 0.2) is 12.3 Å². The number of carbonyl (C=O) groups is 2. The molecule has 1 amide bonds. The van der Waals surface area contributed by atoms with Gasteiger partial charge in [-0.3, -0.25) is 4.79 Å². The molecule has 0 aliphatic rings. The van der Waals surface area contributed by atoms with Gasteiger partial charge in [0.25, 0.3) is 5.91 Å². The van der Waals surface area contributed by atoms with Crippen LogP contribution in [-0.2, 0) is 14.3 Å². The molecule has 0 aliphatic carbocycles. The Hall–Kier alpha value is -2.35. The molecule has 0 radical (unpaired) electrons. The van der Waals surface area contributed by atoms with Crippen molar-refractivity contribution >= 4 is 11.9 Å². The summed E-state index contributed by atoms with van der Waals surface area (Å²) in [7, 11) is 1.36. The van der Waals surface area contributed by atoms with E-state index in [-0.39, 0.29) is 29.2 Å². The first kappa shape index (κ1) is 22.7. The van der Waals surface area contributed by atoms with Crippen LogP contribution in [0.1, 0.15) is 51.5 Å². The summed E-state index contributed by atoms with van der Waals surface area (Å²) in [6.45, 7) is 9.84. The number of nitrogens with zero attached hydrogens (tertiary/aromatic N) is 1. The molecule has 152 valence electrons. The molecule has 3 atom stereocenters. The predicted octanol–water partition coefficient (Wildman–Crippen LogP) is 2.30. The molecular formula is C19H30N2O6. The lowest BCUT2D eigenvalue weighted by Gasteiger charge is -2.28. The summed E-state index contributed by atoms with van der Waals surface area (Å²) in [6, 6.07) is 0.500. The molecule has 1 aromatic rings. The second-order valence-corrected chi connectivity index (χ2v) is 6.63. The minimum atomic E-state index is -0.925. The van der Waals surface area contributed by atoms with E-state index in [9.17, 15) is 14.7 Å². The van der Waals surface area contributed by atoms with E-state index in [0.29, 0.717) is 6.61 Å². The van der Waals surface area contributed by atoms with Gasteiger partial charge in [0.2, 0.25) is 0 Å². The number of pyridine rings is 1. The zero-order valence-electron chi connectivity index (χ0n) is 16.8. The van der Waals surface area contributed by atoms with Gasteiger partial charge in [0.15, 0.2) is 17.2 Å². The van der Waals surface area contributed by atoms with Crippen LogP contribution < -0.4 is 10.1 Å². The highest BCUT2D eigenvalue weighted by Gasteiger charge is 2.28. The van der Waals surface area contributed by atoms with E-state index in [4.69, 9.17) is 14.2 Å². The fourth-order valence-electron chi connectivity index (χ4n) is 2.57. The first-order chi connectivity index (χ1) is 12.7. The molecule has 0 saturated carbocycles. The number of aromatic hydroxyl groups is 1. The van der Waals surface area contributed by atoms with Crippen molar-refractivity contribution in [1.29, 1.82) is 0 Å². The third-order valence-corrected chi connectivity index (χ3v) is 3.96. The molecule has 0 saturated heterocycles. The van der Waals surface area contributed by atoms with Crippen LogP contribution in [0.5, 0.6) is 11.5 Å². The lowest BCUT2D eigenvalue weighted by Crippen LogP contribution is -2.43. The Morgan fingerprint density at radius 2 is 1.93 bits per heavy atom. The third kappa shape index (κ3) is 6.39. The van der Waals surface area contributed by atoms with Crippen molar-refractivity contribution in [1.82, 2.24) is 10.3 Å². The fraction of sp³-hybridized carbons (Fsp3) is 0.632. The van der Waals surface area contributed by atoms with Gasteiger partial charge in [0, 0.05) is 18.9 Å². The van der Waals surface area contributed by atoms with E-state index in [2.05, 4.69) is 10.3 Å². The van der Waals surface area contributed by atoms with E-state index in [1.807, 2.05) is 20.8 Å². The second-order valence-electron chi connectivity index (χ2n) is 6.63. The summed E-state index contributed by atoms with van der Waals surface area (Å²) in [6.07, 6.45) is 1.50. The van der Waals surface area contributed by atoms with Crippen LogP contribution in [0.2, 0.25) is 0 Å². The number of nitrogens with one attached hydrogen (secondary N) is 1. The molecule has 2 N–H and O–H groups in total. The molecule has 0 fully saturated rings. The molecular weight excluding hydrogens is 352 g/mol. The number of methoxy groups -OCH3 is 1. The maximum Gasteiger partial charge on any atom is 0.328 e. The summed E-state index contributed by atoms with van der Waals surface area (Å²) in [5.74, 6) is -1.40. The van der Waals surface area contributed by atoms with Gasteiger partial charge < -0.3 is 24.6 Å². The van der Waals surface area contributed by atoms with Crippen LogP contribution in [-0.4, -0.2) is 53.9 Å². The molecule has 1 aromatic heterocycles. The highest BCUT2D eigenvalue weighted by Crippen LogP contribution is 2.27. The SMILES string of the molecule is CCCO[C@@H](C(C)C)[C@H](C)OC(=O)[C@H](C)NC(=O)c1nccc(OC)c1O. The lowest BCUT2D eigenvalue weighted by molar-refractivity contribution is -0.160. The first-order valence-electron chi connectivity index (χ1n) is 9.07. The molecule has 0 spiro atoms. The van der Waals surface area contributed by atoms with Gasteiger partial charge in [-0.15, -0.1) is 0 Å². The van der Waals surface area contributed by atoms with Crippen LogP contribution in [0.4, 0.5) is 0 Å². The normalized spacial score (nSPS) is 14.3. The van der Waals surface area contributed by atoms with Gasteiger partial charge >= 0.3 is 5.97 Å². The Morgan fingerprint density at radius 3 is 2.48 bits per heavy atom. The number of amides is 1. The van der Waals surface area contributed by atoms with E-state index in [1.54, 1.807) is 6.92 Å². The van der Waals surface area contributed by atoms with Crippen LogP contribution in [0, 0.1) is 5.92 Å². The maximum atomic E-state index is 12.3. The molecule has 27 heavy (non-hydrogen) atoms. The molecule has 1 heterocycles. The minimum absolute atomic E-state index is 0.117. The molecule has 8 heteroatoms. The summed E-state index contributed by atoms with van der Waals surface area (Å²) in [5.41, 5.74) is -0.228. The Kier molecular flexibility index (Phi) is 9.00. The van der Waals surface area contributed by atoms with Crippen molar-refractivity contribution in [3.63, 3.8) is 0 Å². The summed E-state index contributed by atoms with van der Waals surface area (Å²) < 4.78 is 16.2. The molecule has 8 nitrogen and oxygen atoms in total. The number of rotatable bonds is 10. The quantitative estimate of drug-likeness (QED) is 0.598. The standard InChI is InChI=1S/C19H30N2O6/c1-7-10-26-17(11(2)3)13(5)27-19(24)12(4)21-18(23)15-16(22)14(25-6)8-9-20-15/h8-9,11-13,17,22H,7,10H2,1-6H3,(H,21,23)/t12-,13-,17-/m0/s1. The Labute approximate surface area is 160 Å². The van der Waals surface area contributed by atoms with Crippen LogP contribution in [0.25, 0.3) is 0 Å². The van der Waals surface area contributed by atoms with Gasteiger partial charge in [0.1, 0.15) is 12.1 Å². The molecule has 0 aliphatic heterocycles. The largest absolute Gasteiger partial charge is 0.503 e. The Morgan fingerprint density at radius 1 is 1.26 bits per heavy atom. The maximum absolute atomic E-state index is 12.3. The van der Waals surface area contributed by atoms with Gasteiger partial charge in [-0.2, -0.15) is 0 Å². The second kappa shape index (κ2) is 10.7. The highest BCUT2D eigenvalue weighted by molar-refractivity contribution is 5.97. The summed E-state index contributed by atoms with van der Waals surface area (Å²) in [4.78, 5) is 28.5. The number of carbonyl (C=O) groups excluding carboxylic acids is 2. The molecule has 0 aromatic carbocycles. The number of esters is 1. The zero-order chi connectivity index (χ0) is 20.6. The number of ether oxygens (including phenoxy) is 3. The minimum Gasteiger partial charge on any atom is -0.503 e. The van der Waals surface area contributed by atoms with Crippen molar-refractivity contribution in [2.24, 2.45) is 5.92 Å². The van der Waals surface area contributed by atoms with Gasteiger partial charge in [-0.1, -0.05) is 20.8 Å².